The van der Waals surface area contributed by atoms with Gasteiger partial charge in [0.25, 0.3) is 0 Å². The highest BCUT2D eigenvalue weighted by Gasteiger charge is 2.49. The van der Waals surface area contributed by atoms with Gasteiger partial charge in [0, 0.05) is 23.6 Å². The van der Waals surface area contributed by atoms with E-state index in [-0.39, 0.29) is 23.8 Å². The fraction of sp³-hybridized carbons (Fsp3) is 0.417. The van der Waals surface area contributed by atoms with Gasteiger partial charge in [-0.15, -0.1) is 5.10 Å². The molecular weight excluding hydrogens is 408 g/mol. The number of benzene rings is 1. The second-order valence-corrected chi connectivity index (χ2v) is 8.91. The molecule has 2 aliphatic rings. The second kappa shape index (κ2) is 7.62. The predicted molar refractivity (Wildman–Crippen MR) is 118 cm³/mol. The van der Waals surface area contributed by atoms with E-state index in [1.807, 2.05) is 38.1 Å². The normalized spacial score (nSPS) is 16.3. The van der Waals surface area contributed by atoms with Crippen LogP contribution >= 0.6 is 0 Å². The molecule has 3 aromatic rings. The topological polar surface area (TPSA) is 94.8 Å². The number of nitrogens with zero attached hydrogens (tertiary/aromatic N) is 3. The molecule has 0 bridgehead atoms. The summed E-state index contributed by atoms with van der Waals surface area (Å²) in [5.41, 5.74) is 3.98. The summed E-state index contributed by atoms with van der Waals surface area (Å²) in [6.07, 6.45) is 2.62. The smallest absolute Gasteiger partial charge is 0.407 e. The van der Waals surface area contributed by atoms with Gasteiger partial charge in [-0.1, -0.05) is 12.1 Å². The van der Waals surface area contributed by atoms with Crippen LogP contribution in [0.15, 0.2) is 30.3 Å². The van der Waals surface area contributed by atoms with E-state index in [4.69, 9.17) is 19.6 Å². The van der Waals surface area contributed by atoms with E-state index in [0.717, 1.165) is 41.6 Å². The third kappa shape index (κ3) is 3.49. The van der Waals surface area contributed by atoms with Gasteiger partial charge in [-0.25, -0.2) is 14.3 Å². The zero-order valence-corrected chi connectivity index (χ0v) is 18.5. The van der Waals surface area contributed by atoms with Crippen molar-refractivity contribution in [1.82, 2.24) is 19.9 Å². The van der Waals surface area contributed by atoms with Crippen molar-refractivity contribution in [3.63, 3.8) is 0 Å². The Balaban J connectivity index is 1.51. The first-order valence-corrected chi connectivity index (χ1v) is 10.9. The number of Topliss-reactive ketones (excluding diaryl/α,β-unsaturated/α-hetero) is 1. The number of fused-ring (bicyclic) bond motifs is 2. The minimum absolute atomic E-state index is 0.0143. The number of methoxy groups -OCH3 is 1. The lowest BCUT2D eigenvalue weighted by atomic mass is 10.0. The number of rotatable bonds is 6. The van der Waals surface area contributed by atoms with Crippen molar-refractivity contribution >= 4 is 17.5 Å². The van der Waals surface area contributed by atoms with Gasteiger partial charge in [-0.3, -0.25) is 4.79 Å². The van der Waals surface area contributed by atoms with Crippen LogP contribution in [-0.4, -0.2) is 46.2 Å². The molecule has 8 heteroatoms. The standard InChI is InChI=1S/C24H26N4O4/c1-14(2)25-23(30)32-13-24(10-11-24)22-26-21-20(31-3)9-7-18(28(21)27-22)16-4-6-17-15(12-16)5-8-19(17)29/h4,6-7,9,12,14H,5,8,10-11,13H2,1-3H3,(H,25,30). The molecule has 1 fully saturated rings. The number of nitrogens with one attached hydrogen (secondary N) is 1. The van der Waals surface area contributed by atoms with Crippen molar-refractivity contribution < 1.29 is 19.1 Å². The second-order valence-electron chi connectivity index (χ2n) is 8.91. The summed E-state index contributed by atoms with van der Waals surface area (Å²) in [6, 6.07) is 9.77. The van der Waals surface area contributed by atoms with Gasteiger partial charge in [0.15, 0.2) is 23.0 Å². The molecule has 32 heavy (non-hydrogen) atoms. The molecule has 2 aromatic heterocycles. The SMILES string of the molecule is COc1ccc(-c2ccc3c(c2)CCC3=O)n2nc(C3(COC(=O)NC(C)C)CC3)nc12. The summed E-state index contributed by atoms with van der Waals surface area (Å²) in [4.78, 5) is 28.8. The Hall–Kier alpha value is -3.42. The van der Waals surface area contributed by atoms with Crippen molar-refractivity contribution in [2.45, 2.75) is 51.0 Å². The molecule has 0 atom stereocenters. The first kappa shape index (κ1) is 20.5. The Labute approximate surface area is 185 Å². The lowest BCUT2D eigenvalue weighted by Gasteiger charge is -2.13. The van der Waals surface area contributed by atoms with Crippen molar-refractivity contribution in [2.24, 2.45) is 0 Å². The minimum Gasteiger partial charge on any atom is -0.493 e. The van der Waals surface area contributed by atoms with E-state index in [0.29, 0.717) is 23.6 Å². The number of pyridine rings is 1. The molecule has 0 unspecified atom stereocenters. The number of ketones is 1. The van der Waals surface area contributed by atoms with E-state index >= 15 is 0 Å². The highest BCUT2D eigenvalue weighted by Crippen LogP contribution is 2.47. The molecule has 1 aromatic carbocycles. The number of carbonyl (C=O) groups is 2. The molecule has 0 aliphatic heterocycles. The van der Waals surface area contributed by atoms with Gasteiger partial charge in [0.2, 0.25) is 0 Å². The molecule has 1 N–H and O–H groups in total. The maximum Gasteiger partial charge on any atom is 0.407 e. The van der Waals surface area contributed by atoms with Crippen LogP contribution in [0.5, 0.6) is 5.75 Å². The third-order valence-electron chi connectivity index (χ3n) is 6.21. The van der Waals surface area contributed by atoms with Gasteiger partial charge in [0.05, 0.1) is 18.2 Å². The van der Waals surface area contributed by atoms with Gasteiger partial charge < -0.3 is 14.8 Å². The van der Waals surface area contributed by atoms with Crippen LogP contribution in [0.3, 0.4) is 0 Å². The molecule has 5 rings (SSSR count). The van der Waals surface area contributed by atoms with Crippen molar-refractivity contribution in [3.05, 3.63) is 47.3 Å². The lowest BCUT2D eigenvalue weighted by Crippen LogP contribution is -2.33. The summed E-state index contributed by atoms with van der Waals surface area (Å²) >= 11 is 0. The van der Waals surface area contributed by atoms with E-state index in [1.54, 1.807) is 11.6 Å². The maximum atomic E-state index is 12.0. The average molecular weight is 434 g/mol. The molecule has 1 amide bonds. The maximum absolute atomic E-state index is 12.0. The van der Waals surface area contributed by atoms with Crippen LogP contribution in [0.2, 0.25) is 0 Å². The van der Waals surface area contributed by atoms with Crippen LogP contribution in [0, 0.1) is 0 Å². The molecule has 1 saturated carbocycles. The highest BCUT2D eigenvalue weighted by molar-refractivity contribution is 6.00. The fourth-order valence-electron chi connectivity index (χ4n) is 4.22. The molecule has 0 spiro atoms. The molecule has 8 nitrogen and oxygen atoms in total. The fourth-order valence-corrected chi connectivity index (χ4v) is 4.22. The number of hydrogen-bond donors (Lipinski definition) is 1. The van der Waals surface area contributed by atoms with Crippen LogP contribution in [0.1, 0.15) is 54.9 Å². The first-order valence-electron chi connectivity index (χ1n) is 10.9. The zero-order valence-electron chi connectivity index (χ0n) is 18.5. The zero-order chi connectivity index (χ0) is 22.5. The number of alkyl carbamates (subject to hydrolysis) is 1. The van der Waals surface area contributed by atoms with E-state index in [1.165, 1.54) is 0 Å². The van der Waals surface area contributed by atoms with Crippen LogP contribution in [0.25, 0.3) is 16.9 Å². The molecule has 2 aliphatic carbocycles. The quantitative estimate of drug-likeness (QED) is 0.636. The van der Waals surface area contributed by atoms with Gasteiger partial charge in [-0.05, 0) is 56.9 Å². The molecule has 166 valence electrons. The number of carbonyl (C=O) groups excluding carboxylic acids is 2. The highest BCUT2D eigenvalue weighted by atomic mass is 16.5. The van der Waals surface area contributed by atoms with Gasteiger partial charge >= 0.3 is 6.09 Å². The Morgan fingerprint density at radius 3 is 2.75 bits per heavy atom. The van der Waals surface area contributed by atoms with E-state index in [9.17, 15) is 9.59 Å². The number of ether oxygens (including phenoxy) is 2. The van der Waals surface area contributed by atoms with Crippen molar-refractivity contribution in [3.8, 4) is 17.0 Å². The number of aryl methyl sites for hydroxylation is 1. The predicted octanol–water partition coefficient (Wildman–Crippen LogP) is 3.70. The summed E-state index contributed by atoms with van der Waals surface area (Å²) in [5, 5.41) is 7.57. The first-order chi connectivity index (χ1) is 15.4. The van der Waals surface area contributed by atoms with Crippen molar-refractivity contribution in [2.75, 3.05) is 13.7 Å². The van der Waals surface area contributed by atoms with Crippen LogP contribution in [-0.2, 0) is 16.6 Å². The molecule has 0 saturated heterocycles. The monoisotopic (exact) mass is 434 g/mol. The number of amides is 1. The van der Waals surface area contributed by atoms with Gasteiger partial charge in [-0.2, -0.15) is 0 Å². The number of aromatic nitrogens is 3. The number of hydrogen-bond acceptors (Lipinski definition) is 6. The average Bonchev–Trinajstić information content (AvgIpc) is 3.28. The molecule has 2 heterocycles. The third-order valence-corrected chi connectivity index (χ3v) is 6.21. The van der Waals surface area contributed by atoms with E-state index < -0.39 is 6.09 Å². The van der Waals surface area contributed by atoms with Crippen LogP contribution < -0.4 is 10.1 Å². The summed E-state index contributed by atoms with van der Waals surface area (Å²) in [6.45, 7) is 4.02. The molecule has 0 radical (unpaired) electrons. The Morgan fingerprint density at radius 1 is 1.22 bits per heavy atom. The summed E-state index contributed by atoms with van der Waals surface area (Å²) in [7, 11) is 1.61. The summed E-state index contributed by atoms with van der Waals surface area (Å²) < 4.78 is 12.8. The van der Waals surface area contributed by atoms with Gasteiger partial charge in [0.1, 0.15) is 6.61 Å². The Bertz CT molecular complexity index is 1230. The Morgan fingerprint density at radius 2 is 2.03 bits per heavy atom. The summed E-state index contributed by atoms with van der Waals surface area (Å²) in [5.74, 6) is 1.47. The minimum atomic E-state index is -0.430. The van der Waals surface area contributed by atoms with Crippen molar-refractivity contribution in [1.29, 1.82) is 0 Å². The van der Waals surface area contributed by atoms with E-state index in [2.05, 4.69) is 11.4 Å². The Kier molecular flexibility index (Phi) is 4.87. The molecular formula is C24H26N4O4. The lowest BCUT2D eigenvalue weighted by molar-refractivity contribution is 0.0994. The van der Waals surface area contributed by atoms with Crippen LogP contribution in [0.4, 0.5) is 4.79 Å². The largest absolute Gasteiger partial charge is 0.493 e.